The molecule has 1 aliphatic rings. The topological polar surface area (TPSA) is 21.3 Å². The van der Waals surface area contributed by atoms with Crippen LogP contribution in [0, 0.1) is 5.82 Å². The summed E-state index contributed by atoms with van der Waals surface area (Å²) in [6.45, 7) is 3.35. The van der Waals surface area contributed by atoms with Crippen molar-refractivity contribution in [3.63, 3.8) is 0 Å². The molecule has 1 aromatic carbocycles. The molecule has 1 aromatic rings. The SMILES string of the molecule is CC1CNCC(c2c(F)cccc2Cl)O1. The van der Waals surface area contributed by atoms with Crippen LogP contribution in [0.3, 0.4) is 0 Å². The van der Waals surface area contributed by atoms with Crippen molar-refractivity contribution in [2.45, 2.75) is 19.1 Å². The second-order valence-electron chi connectivity index (χ2n) is 3.73. The first-order valence-electron chi connectivity index (χ1n) is 4.98. The molecule has 1 saturated heterocycles. The van der Waals surface area contributed by atoms with Gasteiger partial charge in [0.15, 0.2) is 0 Å². The van der Waals surface area contributed by atoms with Crippen LogP contribution >= 0.6 is 11.6 Å². The summed E-state index contributed by atoms with van der Waals surface area (Å²) in [5.41, 5.74) is 0.457. The van der Waals surface area contributed by atoms with Crippen LogP contribution in [0.25, 0.3) is 0 Å². The summed E-state index contributed by atoms with van der Waals surface area (Å²) >= 11 is 5.96. The molecular formula is C11H13ClFNO. The summed E-state index contributed by atoms with van der Waals surface area (Å²) in [6, 6.07) is 4.69. The van der Waals surface area contributed by atoms with Crippen LogP contribution in [0.15, 0.2) is 18.2 Å². The molecule has 0 bridgehead atoms. The fourth-order valence-electron chi connectivity index (χ4n) is 1.78. The molecule has 1 heterocycles. The zero-order valence-corrected chi connectivity index (χ0v) is 9.22. The smallest absolute Gasteiger partial charge is 0.130 e. The average molecular weight is 230 g/mol. The Labute approximate surface area is 93.4 Å². The van der Waals surface area contributed by atoms with Crippen LogP contribution in [0.2, 0.25) is 5.02 Å². The molecule has 15 heavy (non-hydrogen) atoms. The Morgan fingerprint density at radius 2 is 2.27 bits per heavy atom. The normalized spacial score (nSPS) is 26.6. The maximum atomic E-state index is 13.6. The highest BCUT2D eigenvalue weighted by atomic mass is 35.5. The van der Waals surface area contributed by atoms with E-state index < -0.39 is 0 Å². The molecule has 82 valence electrons. The summed E-state index contributed by atoms with van der Waals surface area (Å²) in [6.07, 6.45) is -0.207. The molecule has 0 aromatic heterocycles. The van der Waals surface area contributed by atoms with Crippen molar-refractivity contribution in [1.82, 2.24) is 5.32 Å². The summed E-state index contributed by atoms with van der Waals surface area (Å²) in [4.78, 5) is 0. The van der Waals surface area contributed by atoms with Crippen LogP contribution in [0.1, 0.15) is 18.6 Å². The van der Waals surface area contributed by atoms with Crippen molar-refractivity contribution in [3.8, 4) is 0 Å². The van der Waals surface area contributed by atoms with Gasteiger partial charge in [-0.25, -0.2) is 4.39 Å². The molecule has 0 amide bonds. The van der Waals surface area contributed by atoms with E-state index in [9.17, 15) is 4.39 Å². The van der Waals surface area contributed by atoms with Gasteiger partial charge in [0.2, 0.25) is 0 Å². The first-order valence-corrected chi connectivity index (χ1v) is 5.36. The molecule has 0 saturated carbocycles. The van der Waals surface area contributed by atoms with Crippen molar-refractivity contribution in [1.29, 1.82) is 0 Å². The molecule has 1 N–H and O–H groups in total. The van der Waals surface area contributed by atoms with E-state index in [0.717, 1.165) is 6.54 Å². The number of morpholine rings is 1. The number of hydrogen-bond donors (Lipinski definition) is 1. The van der Waals surface area contributed by atoms with E-state index >= 15 is 0 Å². The van der Waals surface area contributed by atoms with E-state index in [0.29, 0.717) is 17.1 Å². The quantitative estimate of drug-likeness (QED) is 0.799. The maximum absolute atomic E-state index is 13.6. The van der Waals surface area contributed by atoms with Crippen LogP contribution in [0.5, 0.6) is 0 Å². The van der Waals surface area contributed by atoms with Crippen molar-refractivity contribution >= 4 is 11.6 Å². The number of hydrogen-bond acceptors (Lipinski definition) is 2. The Hall–Kier alpha value is -0.640. The van der Waals surface area contributed by atoms with E-state index in [2.05, 4.69) is 5.32 Å². The van der Waals surface area contributed by atoms with Gasteiger partial charge in [0, 0.05) is 23.7 Å². The van der Waals surface area contributed by atoms with Gasteiger partial charge < -0.3 is 10.1 Å². The predicted molar refractivity (Wildman–Crippen MR) is 57.6 cm³/mol. The lowest BCUT2D eigenvalue weighted by Gasteiger charge is -2.29. The lowest BCUT2D eigenvalue weighted by molar-refractivity contribution is -0.0302. The third kappa shape index (κ3) is 2.30. The number of nitrogens with one attached hydrogen (secondary N) is 1. The molecule has 2 atom stereocenters. The van der Waals surface area contributed by atoms with E-state index in [-0.39, 0.29) is 18.0 Å². The van der Waals surface area contributed by atoms with Gasteiger partial charge in [-0.1, -0.05) is 17.7 Å². The minimum atomic E-state index is -0.302. The van der Waals surface area contributed by atoms with Gasteiger partial charge in [-0.2, -0.15) is 0 Å². The van der Waals surface area contributed by atoms with Crippen molar-refractivity contribution in [3.05, 3.63) is 34.6 Å². The zero-order chi connectivity index (χ0) is 10.8. The first-order chi connectivity index (χ1) is 7.18. The lowest BCUT2D eigenvalue weighted by Crippen LogP contribution is -2.39. The van der Waals surface area contributed by atoms with Gasteiger partial charge in [0.05, 0.1) is 12.2 Å². The Balaban J connectivity index is 2.28. The maximum Gasteiger partial charge on any atom is 0.130 e. The van der Waals surface area contributed by atoms with E-state index in [1.165, 1.54) is 6.07 Å². The number of ether oxygens (including phenoxy) is 1. The first kappa shape index (κ1) is 10.9. The second-order valence-corrected chi connectivity index (χ2v) is 4.14. The zero-order valence-electron chi connectivity index (χ0n) is 8.47. The predicted octanol–water partition coefficient (Wildman–Crippen LogP) is 2.53. The Bertz CT molecular complexity index is 338. The standard InChI is InChI=1S/C11H13ClFNO/c1-7-5-14-6-10(15-7)11-8(12)3-2-4-9(11)13/h2-4,7,10,14H,5-6H2,1H3. The van der Waals surface area contributed by atoms with Crippen molar-refractivity contribution in [2.75, 3.05) is 13.1 Å². The highest BCUT2D eigenvalue weighted by Gasteiger charge is 2.24. The van der Waals surface area contributed by atoms with Crippen molar-refractivity contribution in [2.24, 2.45) is 0 Å². The van der Waals surface area contributed by atoms with Crippen LogP contribution in [-0.2, 0) is 4.74 Å². The molecule has 1 fully saturated rings. The van der Waals surface area contributed by atoms with Gasteiger partial charge >= 0.3 is 0 Å². The van der Waals surface area contributed by atoms with Gasteiger partial charge in [0.1, 0.15) is 5.82 Å². The number of benzene rings is 1. The Kier molecular flexibility index (Phi) is 3.24. The fraction of sp³-hybridized carbons (Fsp3) is 0.455. The molecule has 4 heteroatoms. The molecule has 0 spiro atoms. The fourth-order valence-corrected chi connectivity index (χ4v) is 2.07. The third-order valence-electron chi connectivity index (χ3n) is 2.48. The summed E-state index contributed by atoms with van der Waals surface area (Å²) in [7, 11) is 0. The average Bonchev–Trinajstić information content (AvgIpc) is 2.17. The third-order valence-corrected chi connectivity index (χ3v) is 2.81. The largest absolute Gasteiger partial charge is 0.368 e. The van der Waals surface area contributed by atoms with E-state index in [4.69, 9.17) is 16.3 Å². The Morgan fingerprint density at radius 3 is 2.93 bits per heavy atom. The number of rotatable bonds is 1. The van der Waals surface area contributed by atoms with Crippen LogP contribution < -0.4 is 5.32 Å². The molecular weight excluding hydrogens is 217 g/mol. The highest BCUT2D eigenvalue weighted by molar-refractivity contribution is 6.31. The van der Waals surface area contributed by atoms with Gasteiger partial charge in [-0.05, 0) is 19.1 Å². The minimum absolute atomic E-state index is 0.0828. The van der Waals surface area contributed by atoms with Gasteiger partial charge in [0.25, 0.3) is 0 Å². The van der Waals surface area contributed by atoms with Gasteiger partial charge in [-0.15, -0.1) is 0 Å². The van der Waals surface area contributed by atoms with Gasteiger partial charge in [-0.3, -0.25) is 0 Å². The van der Waals surface area contributed by atoms with Crippen molar-refractivity contribution < 1.29 is 9.13 Å². The Morgan fingerprint density at radius 1 is 1.47 bits per heavy atom. The van der Waals surface area contributed by atoms with E-state index in [1.807, 2.05) is 6.92 Å². The molecule has 2 unspecified atom stereocenters. The number of halogens is 2. The second kappa shape index (κ2) is 4.47. The summed E-state index contributed by atoms with van der Waals surface area (Å²) in [5, 5.41) is 3.61. The van der Waals surface area contributed by atoms with Crippen LogP contribution in [0.4, 0.5) is 4.39 Å². The molecule has 0 radical (unpaired) electrons. The lowest BCUT2D eigenvalue weighted by atomic mass is 10.1. The van der Waals surface area contributed by atoms with Crippen LogP contribution in [-0.4, -0.2) is 19.2 Å². The summed E-state index contributed by atoms with van der Waals surface area (Å²) < 4.78 is 19.2. The highest BCUT2D eigenvalue weighted by Crippen LogP contribution is 2.30. The summed E-state index contributed by atoms with van der Waals surface area (Å²) in [5.74, 6) is -0.302. The molecule has 1 aliphatic heterocycles. The molecule has 0 aliphatic carbocycles. The van der Waals surface area contributed by atoms with E-state index in [1.54, 1.807) is 12.1 Å². The minimum Gasteiger partial charge on any atom is -0.368 e. The molecule has 2 rings (SSSR count). The monoisotopic (exact) mass is 229 g/mol. The molecule has 2 nitrogen and oxygen atoms in total.